The summed E-state index contributed by atoms with van der Waals surface area (Å²) in [6.45, 7) is 3.06. The summed E-state index contributed by atoms with van der Waals surface area (Å²) >= 11 is 0. The number of phenols is 2. The normalized spacial score (nSPS) is 40.3. The van der Waals surface area contributed by atoms with Crippen molar-refractivity contribution < 1.29 is 43.9 Å². The molecule has 13 atom stereocenters. The molecule has 0 amide bonds. The Morgan fingerprint density at radius 1 is 0.609 bits per heavy atom. The van der Waals surface area contributed by atoms with Crippen molar-refractivity contribution in [3.8, 4) is 34.5 Å². The lowest BCUT2D eigenvalue weighted by atomic mass is 9.52. The average molecular weight is 870 g/mol. The van der Waals surface area contributed by atoms with Crippen molar-refractivity contribution in [1.82, 2.24) is 14.7 Å². The molecule has 0 radical (unpaired) electrons. The molecule has 12 nitrogen and oxygen atoms in total. The summed E-state index contributed by atoms with van der Waals surface area (Å²) in [5, 5.41) is 30.8. The maximum absolute atomic E-state index is 12.6. The van der Waals surface area contributed by atoms with E-state index in [9.17, 15) is 24.9 Å². The number of ether oxygens (including phenoxy) is 4. The van der Waals surface area contributed by atoms with Crippen LogP contribution in [0, 0.1) is 17.8 Å². The first kappa shape index (κ1) is 39.7. The van der Waals surface area contributed by atoms with E-state index in [1.807, 2.05) is 24.3 Å². The Labute approximate surface area is 374 Å². The predicted molar refractivity (Wildman–Crippen MR) is 236 cm³/mol. The first-order valence-corrected chi connectivity index (χ1v) is 23.9. The fraction of sp³-hybridized carbons (Fsp3) is 0.577. The average Bonchev–Trinajstić information content (AvgIpc) is 3.96. The van der Waals surface area contributed by atoms with Gasteiger partial charge in [-0.2, -0.15) is 0 Å². The molecule has 2 saturated carbocycles. The molecule has 5 fully saturated rings. The molecule has 3 spiro atoms. The molecule has 3 saturated heterocycles. The van der Waals surface area contributed by atoms with Crippen LogP contribution < -0.4 is 18.9 Å². The Kier molecular flexibility index (Phi) is 8.37. The third-order valence-corrected chi connectivity index (χ3v) is 19.1. The van der Waals surface area contributed by atoms with Crippen LogP contribution in [0.25, 0.3) is 0 Å². The number of likely N-dealkylation sites (N-methyl/N-ethyl adjacent to an activating group) is 3. The van der Waals surface area contributed by atoms with E-state index in [2.05, 4.69) is 48.0 Å². The predicted octanol–water partition coefficient (Wildman–Crippen LogP) is 4.76. The van der Waals surface area contributed by atoms with Crippen LogP contribution in [0.4, 0.5) is 0 Å². The highest BCUT2D eigenvalue weighted by atomic mass is 16.5. The van der Waals surface area contributed by atoms with Crippen molar-refractivity contribution in [2.45, 2.75) is 123 Å². The van der Waals surface area contributed by atoms with Crippen LogP contribution in [0.5, 0.6) is 34.5 Å². The van der Waals surface area contributed by atoms with Crippen molar-refractivity contribution in [2.24, 2.45) is 17.8 Å². The summed E-state index contributed by atoms with van der Waals surface area (Å²) in [5.41, 5.74) is 7.12. The highest BCUT2D eigenvalue weighted by Crippen LogP contribution is 2.66. The molecular weight excluding hydrogens is 811 g/mol. The van der Waals surface area contributed by atoms with Crippen molar-refractivity contribution in [2.75, 3.05) is 47.9 Å². The minimum Gasteiger partial charge on any atom is -0.504 e. The number of Topliss-reactive ketones (excluding diaryl/α,β-unsaturated/α-hetero) is 2. The number of methoxy groups -OCH3 is 1. The number of hydrogen-bond acceptors (Lipinski definition) is 12. The number of aliphatic hydroxyl groups excluding tert-OH is 1. The van der Waals surface area contributed by atoms with Crippen LogP contribution in [0.15, 0.2) is 48.6 Å². The van der Waals surface area contributed by atoms with Crippen LogP contribution >= 0.6 is 0 Å². The van der Waals surface area contributed by atoms with Gasteiger partial charge in [0.2, 0.25) is 0 Å². The van der Waals surface area contributed by atoms with Gasteiger partial charge in [0, 0.05) is 69.8 Å². The number of carbonyl (C=O) groups excluding carboxylic acids is 2. The zero-order chi connectivity index (χ0) is 43.8. The number of benzene rings is 3. The van der Waals surface area contributed by atoms with Crippen molar-refractivity contribution in [3.05, 3.63) is 81.9 Å². The highest BCUT2D eigenvalue weighted by molar-refractivity contribution is 5.90. The van der Waals surface area contributed by atoms with Crippen molar-refractivity contribution in [3.63, 3.8) is 0 Å². The third-order valence-electron chi connectivity index (χ3n) is 19.1. The standard InChI is InChI=1S/C18H21NO3.2C17H19NO3/c1-19-8-7-18-11-4-5-13(20)17(18)22-16-14(21-2)6-3-10(15(16)18)9-12(11)19;2*1-18-7-6-17-10-3-5-13(20)16(17)21-15-12(19)4-2-9(14(15)17)8-11(10)18/h3,6,11-12,17H,4-5,7-9H2,1-2H3;2,4,10-11,16,19H,3,5-8H2,1H3;2-5,10-11,13,16,19-20H,6-8H2,1H3. The van der Waals surface area contributed by atoms with E-state index in [1.165, 1.54) is 27.8 Å². The van der Waals surface area contributed by atoms with Crippen molar-refractivity contribution in [1.29, 1.82) is 0 Å². The van der Waals surface area contributed by atoms with Gasteiger partial charge in [-0.15, -0.1) is 0 Å². The summed E-state index contributed by atoms with van der Waals surface area (Å²) in [6.07, 6.45) is 11.8. The Morgan fingerprint density at radius 2 is 1.08 bits per heavy atom. The van der Waals surface area contributed by atoms with E-state index in [1.54, 1.807) is 19.2 Å². The van der Waals surface area contributed by atoms with Gasteiger partial charge in [0.05, 0.1) is 7.11 Å². The van der Waals surface area contributed by atoms with Crippen LogP contribution in [0.3, 0.4) is 0 Å². The summed E-state index contributed by atoms with van der Waals surface area (Å²) < 4.78 is 23.9. The second-order valence-corrected chi connectivity index (χ2v) is 21.3. The van der Waals surface area contributed by atoms with Gasteiger partial charge in [0.1, 0.15) is 12.2 Å². The number of phenolic OH excluding ortho intramolecular Hbond substituents is 2. The molecule has 6 aliphatic heterocycles. The molecule has 3 aromatic rings. The summed E-state index contributed by atoms with van der Waals surface area (Å²) in [7, 11) is 8.30. The fourth-order valence-electron chi connectivity index (χ4n) is 16.4. The molecule has 6 bridgehead atoms. The van der Waals surface area contributed by atoms with Gasteiger partial charge in [-0.1, -0.05) is 30.4 Å². The second-order valence-electron chi connectivity index (χ2n) is 21.3. The Balaban J connectivity index is 0.0000000967. The third kappa shape index (κ3) is 4.78. The molecule has 0 aromatic heterocycles. The SMILES string of the molecule is CN1CCC23c4c5ccc(O)c4OC2C(=O)CCC3C1C5.CN1CCC23c4c5ccc(O)c4OC2C(O)C=CC3C1C5.COc1ccc2c3c1OC1C(=O)CCC4C(C2)N(C)CCC314. The Morgan fingerprint density at radius 3 is 1.66 bits per heavy atom. The van der Waals surface area contributed by atoms with Crippen LogP contribution in [-0.4, -0.2) is 132 Å². The second kappa shape index (κ2) is 13.5. The monoisotopic (exact) mass is 869 g/mol. The van der Waals surface area contributed by atoms with Crippen LogP contribution in [0.2, 0.25) is 0 Å². The maximum Gasteiger partial charge on any atom is 0.174 e. The molecule has 6 heterocycles. The molecule has 6 aliphatic carbocycles. The lowest BCUT2D eigenvalue weighted by molar-refractivity contribution is -0.138. The van der Waals surface area contributed by atoms with Gasteiger partial charge in [-0.3, -0.25) is 9.59 Å². The number of rotatable bonds is 1. The molecule has 336 valence electrons. The number of nitrogens with zero attached hydrogens (tertiary/aromatic N) is 3. The van der Waals surface area contributed by atoms with Gasteiger partial charge in [-0.05, 0) is 139 Å². The molecule has 12 heteroatoms. The first-order valence-electron chi connectivity index (χ1n) is 23.9. The van der Waals surface area contributed by atoms with Gasteiger partial charge in [-0.25, -0.2) is 0 Å². The maximum atomic E-state index is 12.6. The molecule has 3 aromatic carbocycles. The van der Waals surface area contributed by atoms with E-state index >= 15 is 0 Å². The number of piperidine rings is 3. The van der Waals surface area contributed by atoms with E-state index in [4.69, 9.17) is 18.9 Å². The molecule has 15 rings (SSSR count). The number of hydrogen-bond donors (Lipinski definition) is 3. The van der Waals surface area contributed by atoms with E-state index in [0.717, 1.165) is 88.1 Å². The number of likely N-dealkylation sites (tertiary alicyclic amines) is 3. The molecule has 12 aliphatic rings. The minimum absolute atomic E-state index is 0.0933. The summed E-state index contributed by atoms with van der Waals surface area (Å²) in [6, 6.07) is 13.2. The fourth-order valence-corrected chi connectivity index (χ4v) is 16.4. The minimum atomic E-state index is -0.594. The van der Waals surface area contributed by atoms with E-state index in [0.29, 0.717) is 60.2 Å². The molecule has 3 N–H and O–H groups in total. The van der Waals surface area contributed by atoms with E-state index in [-0.39, 0.29) is 57.6 Å². The highest BCUT2D eigenvalue weighted by Gasteiger charge is 2.68. The van der Waals surface area contributed by atoms with Crippen LogP contribution in [-0.2, 0) is 45.1 Å². The number of aliphatic hydroxyl groups is 1. The Bertz CT molecular complexity index is 2560. The number of ketones is 2. The first-order chi connectivity index (χ1) is 30.9. The van der Waals surface area contributed by atoms with Gasteiger partial charge in [0.15, 0.2) is 58.3 Å². The quantitative estimate of drug-likeness (QED) is 0.291. The number of aromatic hydroxyl groups is 2. The molecule has 13 unspecified atom stereocenters. The smallest absolute Gasteiger partial charge is 0.174 e. The Hall–Kier alpha value is -4.62. The summed E-state index contributed by atoms with van der Waals surface area (Å²) in [4.78, 5) is 32.5. The van der Waals surface area contributed by atoms with Crippen molar-refractivity contribution >= 4 is 11.6 Å². The number of carbonyl (C=O) groups is 2. The van der Waals surface area contributed by atoms with Gasteiger partial charge >= 0.3 is 0 Å². The lowest BCUT2D eigenvalue weighted by Crippen LogP contribution is -2.65. The van der Waals surface area contributed by atoms with Gasteiger partial charge < -0.3 is 49.0 Å². The largest absolute Gasteiger partial charge is 0.504 e. The summed E-state index contributed by atoms with van der Waals surface area (Å²) in [5.74, 6) is 5.14. The van der Waals surface area contributed by atoms with Gasteiger partial charge in [0.25, 0.3) is 0 Å². The lowest BCUT2D eigenvalue weighted by Gasteiger charge is -2.57. The molecular formula is C52H59N3O9. The topological polar surface area (TPSA) is 141 Å². The molecule has 64 heavy (non-hydrogen) atoms. The zero-order valence-electron chi connectivity index (χ0n) is 37.2. The van der Waals surface area contributed by atoms with Crippen LogP contribution in [0.1, 0.15) is 78.3 Å². The van der Waals surface area contributed by atoms with E-state index < -0.39 is 6.10 Å². The zero-order valence-corrected chi connectivity index (χ0v) is 37.2.